The third kappa shape index (κ3) is 1.75. The van der Waals surface area contributed by atoms with Gasteiger partial charge in [-0.15, -0.1) is 0 Å². The Labute approximate surface area is 69.5 Å². The lowest BCUT2D eigenvalue weighted by Gasteiger charge is -1.91. The fourth-order valence-electron chi connectivity index (χ4n) is 0.377. The highest BCUT2D eigenvalue weighted by molar-refractivity contribution is 9.10. The number of hydrogen-bond acceptors (Lipinski definition) is 2. The van der Waals surface area contributed by atoms with Gasteiger partial charge in [0.25, 0.3) is 0 Å². The Bertz CT molecular complexity index is 320. The van der Waals surface area contributed by atoms with Crippen LogP contribution in [0.25, 0.3) is 0 Å². The average Bonchev–Trinajstić information content (AvgIpc) is 2.03. The number of aryl methyl sites for hydroxylation is 1. The van der Waals surface area contributed by atoms with E-state index in [0.717, 1.165) is 6.20 Å². The molecule has 0 N–H and O–H groups in total. The van der Waals surface area contributed by atoms with Crippen LogP contribution in [-0.4, -0.2) is 9.97 Å². The molecule has 0 aliphatic rings. The molecule has 0 amide bonds. The molecule has 0 aliphatic heterocycles. The molecule has 2 nitrogen and oxygen atoms in total. The molecule has 0 bridgehead atoms. The molecule has 9 heavy (non-hydrogen) atoms. The highest BCUT2D eigenvalue weighted by Gasteiger charge is 1.88. The molecular formula is C6H7BrN2. The highest BCUT2D eigenvalue weighted by Crippen LogP contribution is 2.02. The molecule has 0 spiro atoms. The Morgan fingerprint density at radius 3 is 3.22 bits per heavy atom. The summed E-state index contributed by atoms with van der Waals surface area (Å²) in [6.07, 6.45) is -0.101. The Balaban J connectivity index is 3.10. The van der Waals surface area contributed by atoms with Crippen LogP contribution in [0.3, 0.4) is 0 Å². The van der Waals surface area contributed by atoms with Crippen molar-refractivity contribution in [3.05, 3.63) is 22.7 Å². The molecule has 3 heteroatoms. The largest absolute Gasteiger partial charge is 0.257 e. The Morgan fingerprint density at radius 1 is 1.78 bits per heavy atom. The molecule has 1 rings (SSSR count). The summed E-state index contributed by atoms with van der Waals surface area (Å²) in [6, 6.07) is 0. The summed E-state index contributed by atoms with van der Waals surface area (Å²) in [5.74, 6) is 0. The van der Waals surface area contributed by atoms with Crippen LogP contribution in [0.2, 0.25) is 0 Å². The first-order chi connectivity index (χ1) is 6.25. The summed E-state index contributed by atoms with van der Waals surface area (Å²) in [6.45, 7) is -2.74. The summed E-state index contributed by atoms with van der Waals surface area (Å²) in [5, 5.41) is 0. The van der Waals surface area contributed by atoms with Crippen molar-refractivity contribution in [3.63, 3.8) is 0 Å². The van der Waals surface area contributed by atoms with Gasteiger partial charge in [-0.1, -0.05) is 6.85 Å². The number of halogens is 1. The van der Waals surface area contributed by atoms with E-state index >= 15 is 0 Å². The molecule has 0 saturated heterocycles. The van der Waals surface area contributed by atoms with E-state index in [1.807, 2.05) is 0 Å². The monoisotopic (exact) mass is 191 g/mol. The van der Waals surface area contributed by atoms with Crippen molar-refractivity contribution >= 4 is 15.9 Å². The van der Waals surface area contributed by atoms with Gasteiger partial charge in [0, 0.05) is 13.1 Å². The predicted molar refractivity (Wildman–Crippen MR) is 39.1 cm³/mol. The minimum Gasteiger partial charge on any atom is -0.257 e. The molecule has 1 aromatic rings. The number of hydrogen-bond donors (Lipinski definition) is 0. The van der Waals surface area contributed by atoms with Gasteiger partial charge in [-0.05, 0) is 22.3 Å². The van der Waals surface area contributed by atoms with Gasteiger partial charge in [0.15, 0.2) is 0 Å². The molecule has 48 valence electrons. The first-order valence-electron chi connectivity index (χ1n) is 4.73. The Kier molecular flexibility index (Phi) is 0.862. The van der Waals surface area contributed by atoms with Crippen molar-refractivity contribution in [2.75, 3.05) is 0 Å². The topological polar surface area (TPSA) is 25.8 Å². The maximum absolute atomic E-state index is 7.38. The van der Waals surface area contributed by atoms with E-state index in [-0.39, 0.29) is 5.69 Å². The van der Waals surface area contributed by atoms with Crippen molar-refractivity contribution < 1.29 is 6.85 Å². The molecule has 0 radical (unpaired) electrons. The zero-order chi connectivity index (χ0) is 11.0. The number of nitrogens with zero attached hydrogens (tertiary/aromatic N) is 2. The summed E-state index contributed by atoms with van der Waals surface area (Å²) < 4.78 is 36.2. The van der Waals surface area contributed by atoms with Gasteiger partial charge < -0.3 is 0 Å². The molecule has 0 aromatic carbocycles. The van der Waals surface area contributed by atoms with Gasteiger partial charge in [-0.25, -0.2) is 4.98 Å². The molecule has 1 heterocycles. The summed E-state index contributed by atoms with van der Waals surface area (Å²) in [4.78, 5) is 7.40. The van der Waals surface area contributed by atoms with E-state index in [4.69, 9.17) is 6.85 Å². The maximum atomic E-state index is 7.38. The lowest BCUT2D eigenvalue weighted by atomic mass is 10.4. The van der Waals surface area contributed by atoms with Crippen molar-refractivity contribution in [3.8, 4) is 0 Å². The van der Waals surface area contributed by atoms with E-state index in [2.05, 4.69) is 25.9 Å². The first kappa shape index (κ1) is 2.66. The lowest BCUT2D eigenvalue weighted by molar-refractivity contribution is 0.989. The molecule has 0 unspecified atom stereocenters. The zero-order valence-electron chi connectivity index (χ0n) is 9.43. The van der Waals surface area contributed by atoms with E-state index in [1.165, 1.54) is 6.20 Å². The highest BCUT2D eigenvalue weighted by atomic mass is 79.9. The third-order valence-electron chi connectivity index (χ3n) is 0.748. The van der Waals surface area contributed by atoms with Crippen molar-refractivity contribution in [2.24, 2.45) is 0 Å². The van der Waals surface area contributed by atoms with Crippen molar-refractivity contribution in [2.45, 2.75) is 13.2 Å². The molecule has 0 atom stereocenters. The van der Waals surface area contributed by atoms with Crippen molar-refractivity contribution in [1.29, 1.82) is 0 Å². The fraction of sp³-hybridized carbons (Fsp3) is 0.333. The van der Waals surface area contributed by atoms with Gasteiger partial charge in [0.05, 0.1) is 11.9 Å². The van der Waals surface area contributed by atoms with Crippen LogP contribution in [0, 0.1) is 0 Å². The lowest BCUT2D eigenvalue weighted by Crippen LogP contribution is -1.86. The zero-order valence-corrected chi connectivity index (χ0v) is 6.01. The van der Waals surface area contributed by atoms with Crippen LogP contribution in [0.1, 0.15) is 19.4 Å². The van der Waals surface area contributed by atoms with Crippen LogP contribution in [0.5, 0.6) is 0 Å². The average molecular weight is 192 g/mol. The van der Waals surface area contributed by atoms with Crippen LogP contribution in [0.15, 0.2) is 17.0 Å². The molecule has 0 saturated carbocycles. The standard InChI is InChI=1S/C6H7BrN2/c1-2-5-3-9-6(7)4-8-5/h3-4H,2H2,1H3/i1D3,2D2. The molecule has 0 aliphatic carbocycles. The van der Waals surface area contributed by atoms with E-state index in [9.17, 15) is 0 Å². The normalized spacial score (nSPS) is 20.8. The summed E-state index contributed by atoms with van der Waals surface area (Å²) >= 11 is 3.03. The third-order valence-corrected chi connectivity index (χ3v) is 1.16. The first-order valence-corrected chi connectivity index (χ1v) is 3.02. The number of rotatable bonds is 1. The molecule has 0 fully saturated rings. The molecular weight excluding hydrogens is 180 g/mol. The second-order valence-corrected chi connectivity index (χ2v) is 2.16. The smallest absolute Gasteiger partial charge is 0.124 e. The Hall–Kier alpha value is -0.440. The van der Waals surface area contributed by atoms with Crippen LogP contribution < -0.4 is 0 Å². The van der Waals surface area contributed by atoms with E-state index < -0.39 is 13.2 Å². The SMILES string of the molecule is [2H]C([2H])([2H])C([2H])([2H])c1cnc(Br)cn1. The van der Waals surface area contributed by atoms with Crippen LogP contribution in [0.4, 0.5) is 0 Å². The van der Waals surface area contributed by atoms with Crippen molar-refractivity contribution in [1.82, 2.24) is 9.97 Å². The predicted octanol–water partition coefficient (Wildman–Crippen LogP) is 1.80. The fourth-order valence-corrected chi connectivity index (χ4v) is 0.582. The quantitative estimate of drug-likeness (QED) is 0.677. The Morgan fingerprint density at radius 2 is 2.67 bits per heavy atom. The van der Waals surface area contributed by atoms with Gasteiger partial charge >= 0.3 is 0 Å². The van der Waals surface area contributed by atoms with E-state index in [0.29, 0.717) is 4.60 Å². The minimum atomic E-state index is -2.74. The van der Waals surface area contributed by atoms with Crippen LogP contribution >= 0.6 is 15.9 Å². The summed E-state index contributed by atoms with van der Waals surface area (Å²) in [7, 11) is 0. The van der Waals surface area contributed by atoms with Gasteiger partial charge in [0.2, 0.25) is 0 Å². The second-order valence-electron chi connectivity index (χ2n) is 1.35. The second kappa shape index (κ2) is 2.92. The van der Waals surface area contributed by atoms with Gasteiger partial charge in [-0.3, -0.25) is 4.98 Å². The molecule has 1 aromatic heterocycles. The summed E-state index contributed by atoms with van der Waals surface area (Å²) in [5.41, 5.74) is -0.194. The van der Waals surface area contributed by atoms with Gasteiger partial charge in [0.1, 0.15) is 4.60 Å². The van der Waals surface area contributed by atoms with Crippen LogP contribution in [-0.2, 0) is 6.37 Å². The van der Waals surface area contributed by atoms with Gasteiger partial charge in [-0.2, -0.15) is 0 Å². The number of aromatic nitrogens is 2. The minimum absolute atomic E-state index is 0.194. The maximum Gasteiger partial charge on any atom is 0.124 e. The van der Waals surface area contributed by atoms with E-state index in [1.54, 1.807) is 0 Å².